The lowest BCUT2D eigenvalue weighted by molar-refractivity contribution is 0.0602. The molecule has 1 heterocycles. The van der Waals surface area contributed by atoms with Crippen molar-refractivity contribution in [1.29, 1.82) is 0 Å². The number of hydrogen-bond acceptors (Lipinski definition) is 5. The monoisotopic (exact) mass is 246 g/mol. The second-order valence-electron chi connectivity index (χ2n) is 3.74. The number of ether oxygens (including phenoxy) is 1. The van der Waals surface area contributed by atoms with Gasteiger partial charge in [-0.3, -0.25) is 4.68 Å². The molecule has 2 rings (SSSR count). The van der Waals surface area contributed by atoms with E-state index in [9.17, 15) is 4.79 Å². The minimum absolute atomic E-state index is 0.360. The number of methoxy groups -OCH3 is 1. The van der Waals surface area contributed by atoms with Gasteiger partial charge in [0.1, 0.15) is 0 Å². The number of nitrogens with one attached hydrogen (secondary N) is 1. The molecule has 1 N–H and O–H groups in total. The fraction of sp³-hybridized carbons (Fsp3) is 0.250. The summed E-state index contributed by atoms with van der Waals surface area (Å²) >= 11 is 0. The van der Waals surface area contributed by atoms with Crippen molar-refractivity contribution in [3.05, 3.63) is 41.7 Å². The lowest BCUT2D eigenvalue weighted by Gasteiger charge is -2.10. The maximum atomic E-state index is 11.6. The van der Waals surface area contributed by atoms with Gasteiger partial charge >= 0.3 is 5.97 Å². The summed E-state index contributed by atoms with van der Waals surface area (Å²) in [6, 6.07) is 7.20. The summed E-state index contributed by atoms with van der Waals surface area (Å²) in [4.78, 5) is 11.6. The minimum Gasteiger partial charge on any atom is -0.465 e. The third-order valence-corrected chi connectivity index (χ3v) is 2.60. The fourth-order valence-electron chi connectivity index (χ4n) is 1.58. The molecular formula is C12H14N4O2. The van der Waals surface area contributed by atoms with E-state index in [1.165, 1.54) is 7.11 Å². The fourth-order valence-corrected chi connectivity index (χ4v) is 1.58. The smallest absolute Gasteiger partial charge is 0.339 e. The Morgan fingerprint density at radius 1 is 1.44 bits per heavy atom. The maximum absolute atomic E-state index is 11.6. The van der Waals surface area contributed by atoms with E-state index in [2.05, 4.69) is 15.6 Å². The highest BCUT2D eigenvalue weighted by Gasteiger charge is 2.10. The highest BCUT2D eigenvalue weighted by molar-refractivity contribution is 5.95. The highest BCUT2D eigenvalue weighted by atomic mass is 16.5. The van der Waals surface area contributed by atoms with Crippen molar-refractivity contribution in [2.24, 2.45) is 7.05 Å². The van der Waals surface area contributed by atoms with Gasteiger partial charge in [-0.25, -0.2) is 4.79 Å². The summed E-state index contributed by atoms with van der Waals surface area (Å²) in [5, 5.41) is 10.8. The Morgan fingerprint density at radius 2 is 2.22 bits per heavy atom. The SMILES string of the molecule is COC(=O)c1ccccc1NCc1cnnn1C. The normalized spacial score (nSPS) is 10.1. The third-order valence-electron chi connectivity index (χ3n) is 2.60. The molecule has 0 aliphatic rings. The first-order chi connectivity index (χ1) is 8.72. The summed E-state index contributed by atoms with van der Waals surface area (Å²) < 4.78 is 6.40. The minimum atomic E-state index is -0.360. The Balaban J connectivity index is 2.14. The van der Waals surface area contributed by atoms with Crippen LogP contribution in [0.25, 0.3) is 0 Å². The van der Waals surface area contributed by atoms with Crippen LogP contribution in [0.15, 0.2) is 30.5 Å². The van der Waals surface area contributed by atoms with Crippen molar-refractivity contribution in [3.63, 3.8) is 0 Å². The van der Waals surface area contributed by atoms with Crippen molar-refractivity contribution in [2.45, 2.75) is 6.54 Å². The van der Waals surface area contributed by atoms with E-state index in [-0.39, 0.29) is 5.97 Å². The highest BCUT2D eigenvalue weighted by Crippen LogP contribution is 2.16. The number of anilines is 1. The summed E-state index contributed by atoms with van der Waals surface area (Å²) in [6.07, 6.45) is 1.67. The molecule has 0 spiro atoms. The zero-order valence-electron chi connectivity index (χ0n) is 10.3. The standard InChI is InChI=1S/C12H14N4O2/c1-16-9(8-14-15-16)7-13-11-6-4-3-5-10(11)12(17)18-2/h3-6,8,13H,7H2,1-2H3. The van der Waals surface area contributed by atoms with Crippen LogP contribution < -0.4 is 5.32 Å². The second-order valence-corrected chi connectivity index (χ2v) is 3.74. The van der Waals surface area contributed by atoms with Crippen LogP contribution in [0.4, 0.5) is 5.69 Å². The van der Waals surface area contributed by atoms with Crippen LogP contribution in [0.3, 0.4) is 0 Å². The summed E-state index contributed by atoms with van der Waals surface area (Å²) in [5.41, 5.74) is 2.16. The summed E-state index contributed by atoms with van der Waals surface area (Å²) in [6.45, 7) is 0.539. The van der Waals surface area contributed by atoms with E-state index < -0.39 is 0 Å². The molecule has 18 heavy (non-hydrogen) atoms. The lowest BCUT2D eigenvalue weighted by Crippen LogP contribution is -2.10. The number of nitrogens with zero attached hydrogens (tertiary/aromatic N) is 3. The Hall–Kier alpha value is -2.37. The number of rotatable bonds is 4. The predicted molar refractivity (Wildman–Crippen MR) is 66.1 cm³/mol. The molecule has 0 aliphatic heterocycles. The molecule has 1 aromatic carbocycles. The van der Waals surface area contributed by atoms with Crippen molar-refractivity contribution < 1.29 is 9.53 Å². The Kier molecular flexibility index (Phi) is 3.57. The maximum Gasteiger partial charge on any atom is 0.339 e. The lowest BCUT2D eigenvalue weighted by atomic mass is 10.2. The number of aromatic nitrogens is 3. The van der Waals surface area contributed by atoms with Gasteiger partial charge in [-0.2, -0.15) is 0 Å². The molecule has 2 aromatic rings. The third kappa shape index (κ3) is 2.48. The largest absolute Gasteiger partial charge is 0.465 e. The molecule has 0 unspecified atom stereocenters. The number of aryl methyl sites for hydroxylation is 1. The quantitative estimate of drug-likeness (QED) is 0.821. The van der Waals surface area contributed by atoms with Crippen molar-refractivity contribution in [2.75, 3.05) is 12.4 Å². The first kappa shape index (κ1) is 12.1. The first-order valence-corrected chi connectivity index (χ1v) is 5.47. The van der Waals surface area contributed by atoms with Gasteiger partial charge in [0.15, 0.2) is 0 Å². The van der Waals surface area contributed by atoms with Gasteiger partial charge in [0.25, 0.3) is 0 Å². The number of carbonyl (C=O) groups is 1. The molecule has 0 fully saturated rings. The average molecular weight is 246 g/mol. The molecule has 0 radical (unpaired) electrons. The van der Waals surface area contributed by atoms with Crippen LogP contribution in [0.2, 0.25) is 0 Å². The molecule has 0 amide bonds. The van der Waals surface area contributed by atoms with E-state index in [1.807, 2.05) is 19.2 Å². The van der Waals surface area contributed by atoms with Gasteiger partial charge in [0, 0.05) is 12.7 Å². The van der Waals surface area contributed by atoms with Crippen LogP contribution in [-0.4, -0.2) is 28.1 Å². The molecule has 6 nitrogen and oxygen atoms in total. The van der Waals surface area contributed by atoms with Crippen LogP contribution in [0.5, 0.6) is 0 Å². The zero-order valence-corrected chi connectivity index (χ0v) is 10.3. The van der Waals surface area contributed by atoms with E-state index in [0.29, 0.717) is 12.1 Å². The second kappa shape index (κ2) is 5.31. The number of benzene rings is 1. The molecule has 0 saturated heterocycles. The van der Waals surface area contributed by atoms with E-state index in [1.54, 1.807) is 23.0 Å². The van der Waals surface area contributed by atoms with Gasteiger partial charge < -0.3 is 10.1 Å². The van der Waals surface area contributed by atoms with Crippen molar-refractivity contribution in [1.82, 2.24) is 15.0 Å². The number of para-hydroxylation sites is 1. The Morgan fingerprint density at radius 3 is 2.89 bits per heavy atom. The zero-order chi connectivity index (χ0) is 13.0. The van der Waals surface area contributed by atoms with Gasteiger partial charge in [0.05, 0.1) is 31.1 Å². The number of carbonyl (C=O) groups excluding carboxylic acids is 1. The topological polar surface area (TPSA) is 69.0 Å². The Labute approximate surface area is 105 Å². The van der Waals surface area contributed by atoms with Crippen LogP contribution in [0, 0.1) is 0 Å². The molecule has 1 aromatic heterocycles. The summed E-state index contributed by atoms with van der Waals surface area (Å²) in [5.74, 6) is -0.360. The van der Waals surface area contributed by atoms with Crippen molar-refractivity contribution in [3.8, 4) is 0 Å². The van der Waals surface area contributed by atoms with Crippen LogP contribution >= 0.6 is 0 Å². The van der Waals surface area contributed by atoms with Crippen LogP contribution in [0.1, 0.15) is 16.1 Å². The summed E-state index contributed by atoms with van der Waals surface area (Å²) in [7, 11) is 3.18. The average Bonchev–Trinajstić information content (AvgIpc) is 2.81. The molecule has 94 valence electrons. The van der Waals surface area contributed by atoms with Crippen LogP contribution in [-0.2, 0) is 18.3 Å². The van der Waals surface area contributed by atoms with Gasteiger partial charge in [-0.05, 0) is 12.1 Å². The molecule has 6 heteroatoms. The molecule has 0 saturated carbocycles. The number of hydrogen-bond donors (Lipinski definition) is 1. The van der Waals surface area contributed by atoms with Crippen molar-refractivity contribution >= 4 is 11.7 Å². The molecular weight excluding hydrogens is 232 g/mol. The van der Waals surface area contributed by atoms with E-state index >= 15 is 0 Å². The molecule has 0 aliphatic carbocycles. The van der Waals surface area contributed by atoms with E-state index in [0.717, 1.165) is 11.4 Å². The van der Waals surface area contributed by atoms with Gasteiger partial charge in [-0.1, -0.05) is 17.3 Å². The van der Waals surface area contributed by atoms with E-state index in [4.69, 9.17) is 4.74 Å². The molecule has 0 bridgehead atoms. The number of esters is 1. The predicted octanol–water partition coefficient (Wildman–Crippen LogP) is 1.21. The van der Waals surface area contributed by atoms with Gasteiger partial charge in [-0.15, -0.1) is 5.10 Å². The Bertz CT molecular complexity index is 551. The van der Waals surface area contributed by atoms with Gasteiger partial charge in [0.2, 0.25) is 0 Å². The first-order valence-electron chi connectivity index (χ1n) is 5.47. The molecule has 0 atom stereocenters.